The third kappa shape index (κ3) is 9.27. The van der Waals surface area contributed by atoms with E-state index in [1.165, 1.54) is 0 Å². The van der Waals surface area contributed by atoms with E-state index in [-0.39, 0.29) is 35.5 Å². The zero-order valence-corrected chi connectivity index (χ0v) is 14.7. The van der Waals surface area contributed by atoms with Gasteiger partial charge in [0.15, 0.2) is 0 Å². The minimum atomic E-state index is -0.353. The van der Waals surface area contributed by atoms with Crippen molar-refractivity contribution in [3.63, 3.8) is 0 Å². The SMILES string of the molecule is [B]C(OCC(C)S)[C@H](CC)[C@@H](COC(C)C)OC(C)C. The monoisotopic (exact) mass is 302 g/mol. The van der Waals surface area contributed by atoms with Crippen LogP contribution in [-0.2, 0) is 14.2 Å². The van der Waals surface area contributed by atoms with Gasteiger partial charge in [-0.3, -0.25) is 0 Å². The summed E-state index contributed by atoms with van der Waals surface area (Å²) < 4.78 is 17.4. The Morgan fingerprint density at radius 2 is 1.55 bits per heavy atom. The average molecular weight is 302 g/mol. The van der Waals surface area contributed by atoms with Crippen molar-refractivity contribution in [3.8, 4) is 0 Å². The van der Waals surface area contributed by atoms with E-state index in [2.05, 4.69) is 19.6 Å². The van der Waals surface area contributed by atoms with Crippen LogP contribution in [0.2, 0.25) is 0 Å². The highest BCUT2D eigenvalue weighted by Gasteiger charge is 2.28. The second-order valence-electron chi connectivity index (χ2n) is 5.82. The fraction of sp³-hybridized carbons (Fsp3) is 1.00. The van der Waals surface area contributed by atoms with Gasteiger partial charge in [-0.2, -0.15) is 12.6 Å². The van der Waals surface area contributed by atoms with Gasteiger partial charge < -0.3 is 14.2 Å². The van der Waals surface area contributed by atoms with E-state index in [4.69, 9.17) is 22.1 Å². The summed E-state index contributed by atoms with van der Waals surface area (Å²) in [7, 11) is 6.17. The molecule has 0 aliphatic heterocycles. The highest BCUT2D eigenvalue weighted by atomic mass is 32.1. The molecule has 0 N–H and O–H groups in total. The van der Waals surface area contributed by atoms with Crippen molar-refractivity contribution in [1.29, 1.82) is 0 Å². The average Bonchev–Trinajstić information content (AvgIpc) is 2.33. The summed E-state index contributed by atoms with van der Waals surface area (Å²) in [5, 5.41) is 0.176. The van der Waals surface area contributed by atoms with Gasteiger partial charge >= 0.3 is 0 Å². The van der Waals surface area contributed by atoms with Crippen molar-refractivity contribution in [2.75, 3.05) is 13.2 Å². The zero-order valence-electron chi connectivity index (χ0n) is 13.8. The van der Waals surface area contributed by atoms with Crippen LogP contribution in [0.15, 0.2) is 0 Å². The van der Waals surface area contributed by atoms with Crippen LogP contribution < -0.4 is 0 Å². The van der Waals surface area contributed by atoms with E-state index in [0.29, 0.717) is 13.2 Å². The number of hydrogen-bond donors (Lipinski definition) is 1. The maximum absolute atomic E-state index is 6.17. The van der Waals surface area contributed by atoms with E-state index < -0.39 is 0 Å². The molecule has 3 nitrogen and oxygen atoms in total. The highest BCUT2D eigenvalue weighted by Crippen LogP contribution is 2.20. The molecule has 0 aromatic rings. The summed E-state index contributed by atoms with van der Waals surface area (Å²) in [6.45, 7) is 13.3. The molecule has 4 atom stereocenters. The Bertz CT molecular complexity index is 237. The summed E-state index contributed by atoms with van der Waals surface area (Å²) in [6.07, 6.45) is 1.16. The Balaban J connectivity index is 4.60. The molecule has 2 radical (unpaired) electrons. The largest absolute Gasteiger partial charge is 0.386 e. The minimum Gasteiger partial charge on any atom is -0.386 e. The van der Waals surface area contributed by atoms with Gasteiger partial charge in [-0.25, -0.2) is 0 Å². The van der Waals surface area contributed by atoms with Crippen LogP contribution in [-0.4, -0.2) is 50.6 Å². The van der Waals surface area contributed by atoms with Gasteiger partial charge in [0, 0.05) is 17.2 Å². The van der Waals surface area contributed by atoms with Crippen LogP contribution in [0, 0.1) is 5.92 Å². The lowest BCUT2D eigenvalue weighted by Crippen LogP contribution is -2.40. The van der Waals surface area contributed by atoms with E-state index in [1.54, 1.807) is 0 Å². The Kier molecular flexibility index (Phi) is 11.1. The molecular formula is C15H31BO3S. The van der Waals surface area contributed by atoms with Crippen LogP contribution in [0.5, 0.6) is 0 Å². The Labute approximate surface area is 131 Å². The predicted octanol–water partition coefficient (Wildman–Crippen LogP) is 3.06. The molecule has 0 amide bonds. The molecule has 2 unspecified atom stereocenters. The van der Waals surface area contributed by atoms with Crippen molar-refractivity contribution in [1.82, 2.24) is 0 Å². The predicted molar refractivity (Wildman–Crippen MR) is 88.8 cm³/mol. The highest BCUT2D eigenvalue weighted by molar-refractivity contribution is 7.80. The maximum Gasteiger partial charge on any atom is 0.109 e. The summed E-state index contributed by atoms with van der Waals surface area (Å²) in [5.74, 6) is 0.114. The molecule has 0 saturated heterocycles. The lowest BCUT2D eigenvalue weighted by molar-refractivity contribution is -0.105. The smallest absolute Gasteiger partial charge is 0.109 e. The molecule has 0 fully saturated rings. The third-order valence-electron chi connectivity index (χ3n) is 2.94. The molecule has 0 aliphatic carbocycles. The first kappa shape index (κ1) is 20.3. The van der Waals surface area contributed by atoms with E-state index >= 15 is 0 Å². The molecule has 118 valence electrons. The van der Waals surface area contributed by atoms with Crippen LogP contribution in [0.4, 0.5) is 0 Å². The Hall–Kier alpha value is 0.295. The van der Waals surface area contributed by atoms with Crippen LogP contribution >= 0.6 is 12.6 Å². The van der Waals surface area contributed by atoms with Gasteiger partial charge in [-0.1, -0.05) is 13.8 Å². The molecule has 0 heterocycles. The van der Waals surface area contributed by atoms with Crippen LogP contribution in [0.25, 0.3) is 0 Å². The fourth-order valence-electron chi connectivity index (χ4n) is 1.98. The molecule has 0 aromatic carbocycles. The maximum atomic E-state index is 6.17. The van der Waals surface area contributed by atoms with Crippen molar-refractivity contribution in [3.05, 3.63) is 0 Å². The van der Waals surface area contributed by atoms with Crippen molar-refractivity contribution in [2.45, 2.75) is 77.5 Å². The van der Waals surface area contributed by atoms with Gasteiger partial charge in [-0.15, -0.1) is 0 Å². The number of ether oxygens (including phenoxy) is 3. The summed E-state index contributed by atoms with van der Waals surface area (Å²) in [4.78, 5) is 0. The Morgan fingerprint density at radius 1 is 0.950 bits per heavy atom. The standard InChI is InChI=1S/C15H31BO3S/c1-7-13(15(16)18-8-12(6)20)14(19-11(4)5)9-17-10(2)3/h10-15,20H,7-9H2,1-6H3/t12?,13-,14-,15?/m1/s1. The fourth-order valence-corrected chi connectivity index (χ4v) is 2.07. The lowest BCUT2D eigenvalue weighted by atomic mass is 9.81. The topological polar surface area (TPSA) is 27.7 Å². The number of thiol groups is 1. The van der Waals surface area contributed by atoms with Crippen LogP contribution in [0.3, 0.4) is 0 Å². The molecule has 0 aliphatic rings. The number of rotatable bonds is 11. The molecule has 0 spiro atoms. The Morgan fingerprint density at radius 3 is 1.95 bits per heavy atom. The van der Waals surface area contributed by atoms with Gasteiger partial charge in [0.05, 0.1) is 31.5 Å². The normalized spacial score (nSPS) is 18.2. The second kappa shape index (κ2) is 10.9. The molecule has 0 bridgehead atoms. The molecular weight excluding hydrogens is 271 g/mol. The van der Waals surface area contributed by atoms with Crippen molar-refractivity contribution in [2.24, 2.45) is 5.92 Å². The molecule has 0 rings (SSSR count). The van der Waals surface area contributed by atoms with Gasteiger partial charge in [-0.05, 0) is 34.1 Å². The first-order valence-corrected chi connectivity index (χ1v) is 8.11. The first-order chi connectivity index (χ1) is 9.27. The van der Waals surface area contributed by atoms with Crippen LogP contribution in [0.1, 0.15) is 48.0 Å². The van der Waals surface area contributed by atoms with E-state index in [0.717, 1.165) is 6.42 Å². The van der Waals surface area contributed by atoms with E-state index in [9.17, 15) is 0 Å². The quantitative estimate of drug-likeness (QED) is 0.469. The second-order valence-corrected chi connectivity index (χ2v) is 6.71. The van der Waals surface area contributed by atoms with Gasteiger partial charge in [0.2, 0.25) is 0 Å². The molecule has 0 aromatic heterocycles. The summed E-state index contributed by atoms with van der Waals surface area (Å²) >= 11 is 4.31. The van der Waals surface area contributed by atoms with Gasteiger partial charge in [0.25, 0.3) is 0 Å². The van der Waals surface area contributed by atoms with E-state index in [1.807, 2.05) is 34.6 Å². The van der Waals surface area contributed by atoms with Crippen molar-refractivity contribution < 1.29 is 14.2 Å². The van der Waals surface area contributed by atoms with Crippen molar-refractivity contribution >= 4 is 20.5 Å². The lowest BCUT2D eigenvalue weighted by Gasteiger charge is -2.33. The first-order valence-electron chi connectivity index (χ1n) is 7.60. The summed E-state index contributed by atoms with van der Waals surface area (Å²) in [6, 6.07) is -0.353. The molecule has 20 heavy (non-hydrogen) atoms. The molecule has 0 saturated carbocycles. The summed E-state index contributed by atoms with van der Waals surface area (Å²) in [5.41, 5.74) is 0. The minimum absolute atomic E-state index is 0.0485. The number of hydrogen-bond acceptors (Lipinski definition) is 4. The zero-order chi connectivity index (χ0) is 15.7. The van der Waals surface area contributed by atoms with Gasteiger partial charge in [0.1, 0.15) is 7.85 Å². The third-order valence-corrected chi connectivity index (χ3v) is 3.09. The molecule has 5 heteroatoms.